The summed E-state index contributed by atoms with van der Waals surface area (Å²) in [5.41, 5.74) is 3.94. The van der Waals surface area contributed by atoms with Crippen LogP contribution in [0.25, 0.3) is 11.3 Å². The molecular weight excluding hydrogens is 394 g/mol. The first-order chi connectivity index (χ1) is 13.5. The maximum Gasteiger partial charge on any atom is 0.256 e. The SMILES string of the molecule is Cc1ccc(-c2ccc([C@@H]3NC(=O)c4c(sc5c4CCN(C)C5)N3)o2)cc1Cl. The minimum atomic E-state index is -0.382. The summed E-state index contributed by atoms with van der Waals surface area (Å²) in [5, 5.41) is 8.14. The molecule has 0 radical (unpaired) electrons. The van der Waals surface area contributed by atoms with Crippen molar-refractivity contribution in [2.75, 3.05) is 18.9 Å². The van der Waals surface area contributed by atoms with Crippen LogP contribution in [0.3, 0.4) is 0 Å². The predicted octanol–water partition coefficient (Wildman–Crippen LogP) is 4.81. The first-order valence-corrected chi connectivity index (χ1v) is 10.5. The molecule has 0 bridgehead atoms. The van der Waals surface area contributed by atoms with E-state index in [-0.39, 0.29) is 12.1 Å². The fourth-order valence-corrected chi connectivity index (χ4v) is 5.33. The van der Waals surface area contributed by atoms with Gasteiger partial charge in [0.15, 0.2) is 6.17 Å². The van der Waals surface area contributed by atoms with Crippen LogP contribution in [-0.4, -0.2) is 24.4 Å². The Labute approximate surface area is 172 Å². The molecule has 0 spiro atoms. The number of likely N-dealkylation sites (N-methyl/N-ethyl adjacent to an activating group) is 1. The molecular formula is C21H20ClN3O2S. The Balaban J connectivity index is 1.44. The zero-order valence-corrected chi connectivity index (χ0v) is 17.2. The van der Waals surface area contributed by atoms with Crippen LogP contribution < -0.4 is 10.6 Å². The fourth-order valence-electron chi connectivity index (χ4n) is 3.80. The summed E-state index contributed by atoms with van der Waals surface area (Å²) in [6, 6.07) is 9.66. The molecule has 144 valence electrons. The second-order valence-corrected chi connectivity index (χ2v) is 8.92. The fraction of sp³-hybridized carbons (Fsp3) is 0.286. The van der Waals surface area contributed by atoms with E-state index in [1.807, 2.05) is 37.3 Å². The van der Waals surface area contributed by atoms with Crippen molar-refractivity contribution >= 4 is 33.8 Å². The molecule has 2 N–H and O–H groups in total. The molecule has 3 aromatic rings. The molecule has 5 nitrogen and oxygen atoms in total. The Morgan fingerprint density at radius 1 is 1.25 bits per heavy atom. The van der Waals surface area contributed by atoms with Gasteiger partial charge in [0.05, 0.1) is 5.56 Å². The van der Waals surface area contributed by atoms with E-state index < -0.39 is 0 Å². The molecule has 0 saturated heterocycles. The smallest absolute Gasteiger partial charge is 0.256 e. The average molecular weight is 414 g/mol. The van der Waals surface area contributed by atoms with E-state index in [4.69, 9.17) is 16.0 Å². The van der Waals surface area contributed by atoms with Gasteiger partial charge in [-0.2, -0.15) is 0 Å². The van der Waals surface area contributed by atoms with Gasteiger partial charge in [-0.25, -0.2) is 0 Å². The third-order valence-electron chi connectivity index (χ3n) is 5.39. The van der Waals surface area contributed by atoms with Gasteiger partial charge in [0.25, 0.3) is 5.91 Å². The standard InChI is InChI=1S/C21H20ClN3O2S/c1-11-3-4-12(9-14(11)22)15-5-6-16(27-15)19-23-20(26)18-13-7-8-25(2)10-17(13)28-21(18)24-19/h3-6,9,19,24H,7-8,10H2,1-2H3,(H,23,26)/t19-/m1/s1. The highest BCUT2D eigenvalue weighted by molar-refractivity contribution is 7.16. The molecule has 1 aromatic carbocycles. The highest BCUT2D eigenvalue weighted by atomic mass is 35.5. The zero-order valence-electron chi connectivity index (χ0n) is 15.6. The minimum Gasteiger partial charge on any atom is -0.457 e. The number of hydrogen-bond acceptors (Lipinski definition) is 5. The molecule has 28 heavy (non-hydrogen) atoms. The Morgan fingerprint density at radius 3 is 2.93 bits per heavy atom. The molecule has 0 aliphatic carbocycles. The summed E-state index contributed by atoms with van der Waals surface area (Å²) in [7, 11) is 2.11. The number of nitrogens with one attached hydrogen (secondary N) is 2. The third-order valence-corrected chi connectivity index (χ3v) is 6.95. The van der Waals surface area contributed by atoms with Crippen LogP contribution in [0.5, 0.6) is 0 Å². The second kappa shape index (κ2) is 6.65. The Kier molecular flexibility index (Phi) is 4.23. The van der Waals surface area contributed by atoms with Gasteiger partial charge in [0, 0.05) is 28.6 Å². The van der Waals surface area contributed by atoms with E-state index in [1.54, 1.807) is 11.3 Å². The lowest BCUT2D eigenvalue weighted by molar-refractivity contribution is 0.0930. The van der Waals surface area contributed by atoms with E-state index >= 15 is 0 Å². The van der Waals surface area contributed by atoms with Gasteiger partial charge in [0.1, 0.15) is 16.5 Å². The first kappa shape index (κ1) is 17.8. The quantitative estimate of drug-likeness (QED) is 0.632. The minimum absolute atomic E-state index is 0.0304. The number of furan rings is 1. The van der Waals surface area contributed by atoms with Gasteiger partial charge in [-0.3, -0.25) is 4.79 Å². The number of anilines is 1. The molecule has 1 amide bonds. The van der Waals surface area contributed by atoms with Crippen molar-refractivity contribution in [2.24, 2.45) is 0 Å². The second-order valence-electron chi connectivity index (χ2n) is 7.41. The molecule has 5 rings (SSSR count). The van der Waals surface area contributed by atoms with Crippen LogP contribution in [0.2, 0.25) is 5.02 Å². The molecule has 4 heterocycles. The molecule has 2 aromatic heterocycles. The van der Waals surface area contributed by atoms with E-state index in [9.17, 15) is 4.79 Å². The van der Waals surface area contributed by atoms with Gasteiger partial charge in [-0.1, -0.05) is 23.7 Å². The van der Waals surface area contributed by atoms with E-state index in [0.29, 0.717) is 10.8 Å². The summed E-state index contributed by atoms with van der Waals surface area (Å²) >= 11 is 7.92. The summed E-state index contributed by atoms with van der Waals surface area (Å²) in [4.78, 5) is 16.4. The maximum absolute atomic E-state index is 12.8. The zero-order chi connectivity index (χ0) is 19.4. The lowest BCUT2D eigenvalue weighted by Crippen LogP contribution is -2.38. The molecule has 0 saturated carbocycles. The number of carbonyl (C=O) groups is 1. The summed E-state index contributed by atoms with van der Waals surface area (Å²) in [6.07, 6.45) is 0.531. The van der Waals surface area contributed by atoms with Crippen molar-refractivity contribution in [2.45, 2.75) is 26.1 Å². The highest BCUT2D eigenvalue weighted by Gasteiger charge is 2.33. The van der Waals surface area contributed by atoms with Crippen molar-refractivity contribution in [3.63, 3.8) is 0 Å². The van der Waals surface area contributed by atoms with Crippen molar-refractivity contribution in [3.05, 3.63) is 62.7 Å². The van der Waals surface area contributed by atoms with Gasteiger partial charge in [-0.05, 0) is 49.7 Å². The number of halogens is 1. The molecule has 0 unspecified atom stereocenters. The number of benzene rings is 1. The predicted molar refractivity (Wildman–Crippen MR) is 112 cm³/mol. The Morgan fingerprint density at radius 2 is 2.11 bits per heavy atom. The largest absolute Gasteiger partial charge is 0.457 e. The van der Waals surface area contributed by atoms with Crippen LogP contribution in [0.4, 0.5) is 5.00 Å². The van der Waals surface area contributed by atoms with E-state index in [0.717, 1.165) is 47.0 Å². The average Bonchev–Trinajstić information content (AvgIpc) is 3.28. The van der Waals surface area contributed by atoms with Gasteiger partial charge < -0.3 is 20.0 Å². The van der Waals surface area contributed by atoms with Crippen LogP contribution in [-0.2, 0) is 13.0 Å². The maximum atomic E-state index is 12.8. The van der Waals surface area contributed by atoms with Crippen molar-refractivity contribution < 1.29 is 9.21 Å². The lowest BCUT2D eigenvalue weighted by Gasteiger charge is -2.26. The number of carbonyl (C=O) groups excluding carboxylic acids is 1. The summed E-state index contributed by atoms with van der Waals surface area (Å²) < 4.78 is 6.05. The third kappa shape index (κ3) is 2.92. The van der Waals surface area contributed by atoms with Crippen LogP contribution in [0.1, 0.15) is 38.3 Å². The number of amides is 1. The monoisotopic (exact) mass is 413 g/mol. The molecule has 0 fully saturated rings. The van der Waals surface area contributed by atoms with Crippen molar-refractivity contribution in [1.82, 2.24) is 10.2 Å². The van der Waals surface area contributed by atoms with Gasteiger partial charge in [0.2, 0.25) is 0 Å². The lowest BCUT2D eigenvalue weighted by atomic mass is 10.0. The highest BCUT2D eigenvalue weighted by Crippen LogP contribution is 2.41. The van der Waals surface area contributed by atoms with Crippen molar-refractivity contribution in [1.29, 1.82) is 0 Å². The number of aryl methyl sites for hydroxylation is 1. The number of nitrogens with zero attached hydrogens (tertiary/aromatic N) is 1. The van der Waals surface area contributed by atoms with Gasteiger partial charge >= 0.3 is 0 Å². The van der Waals surface area contributed by atoms with Crippen LogP contribution in [0, 0.1) is 6.92 Å². The number of fused-ring (bicyclic) bond motifs is 3. The molecule has 2 aliphatic heterocycles. The summed E-state index contributed by atoms with van der Waals surface area (Å²) in [6.45, 7) is 3.84. The molecule has 1 atom stereocenters. The first-order valence-electron chi connectivity index (χ1n) is 9.26. The number of rotatable bonds is 2. The van der Waals surface area contributed by atoms with Crippen LogP contribution >= 0.6 is 22.9 Å². The topological polar surface area (TPSA) is 57.5 Å². The van der Waals surface area contributed by atoms with Crippen molar-refractivity contribution in [3.8, 4) is 11.3 Å². The summed E-state index contributed by atoms with van der Waals surface area (Å²) in [5.74, 6) is 1.37. The molecule has 7 heteroatoms. The number of hydrogen-bond donors (Lipinski definition) is 2. The molecule has 2 aliphatic rings. The van der Waals surface area contributed by atoms with Gasteiger partial charge in [-0.15, -0.1) is 11.3 Å². The Hall–Kier alpha value is -2.28. The normalized spacial score (nSPS) is 19.0. The van der Waals surface area contributed by atoms with E-state index in [1.165, 1.54) is 10.4 Å². The van der Waals surface area contributed by atoms with Crippen LogP contribution in [0.15, 0.2) is 34.7 Å². The van der Waals surface area contributed by atoms with E-state index in [2.05, 4.69) is 22.6 Å². The Bertz CT molecular complexity index is 1090. The number of thiophene rings is 1.